The van der Waals surface area contributed by atoms with E-state index < -0.39 is 29.9 Å². The average molecular weight is 706 g/mol. The Morgan fingerprint density at radius 2 is 1.56 bits per heavy atom. The molecule has 0 aliphatic carbocycles. The molecule has 3 amide bonds. The number of halogens is 5. The number of ether oxygens (including phenoxy) is 1. The van der Waals surface area contributed by atoms with Gasteiger partial charge in [-0.05, 0) is 47.0 Å². The highest BCUT2D eigenvalue weighted by Crippen LogP contribution is 2.36. The predicted molar refractivity (Wildman–Crippen MR) is 164 cm³/mol. The molecule has 1 atom stereocenters. The molecule has 0 saturated heterocycles. The lowest BCUT2D eigenvalue weighted by atomic mass is 9.80. The fourth-order valence-corrected chi connectivity index (χ4v) is 4.90. The van der Waals surface area contributed by atoms with Gasteiger partial charge in [-0.2, -0.15) is 17.6 Å². The summed E-state index contributed by atoms with van der Waals surface area (Å²) in [5, 5.41) is 8.37. The molecule has 0 spiro atoms. The molecule has 224 valence electrons. The first-order valence-electron chi connectivity index (χ1n) is 13.0. The summed E-state index contributed by atoms with van der Waals surface area (Å²) < 4.78 is 58.8. The Balaban J connectivity index is 1.85. The number of anilines is 2. The van der Waals surface area contributed by atoms with Gasteiger partial charge in [0.2, 0.25) is 5.91 Å². The van der Waals surface area contributed by atoms with Gasteiger partial charge in [-0.3, -0.25) is 9.78 Å². The summed E-state index contributed by atoms with van der Waals surface area (Å²) in [7, 11) is 0. The van der Waals surface area contributed by atoms with Gasteiger partial charge in [0.1, 0.15) is 11.3 Å². The molecule has 7 nitrogen and oxygen atoms in total. The van der Waals surface area contributed by atoms with Crippen LogP contribution in [0.4, 0.5) is 33.7 Å². The molecule has 3 N–H and O–H groups in total. The van der Waals surface area contributed by atoms with E-state index in [0.29, 0.717) is 21.5 Å². The van der Waals surface area contributed by atoms with Crippen LogP contribution in [0.15, 0.2) is 97.2 Å². The topological polar surface area (TPSA) is 92.4 Å². The number of alkyl halides is 5. The molecule has 43 heavy (non-hydrogen) atoms. The number of nitrogens with zero attached hydrogens (tertiary/aromatic N) is 1. The van der Waals surface area contributed by atoms with Crippen LogP contribution < -0.4 is 20.7 Å². The average Bonchev–Trinajstić information content (AvgIpc) is 2.98. The Kier molecular flexibility index (Phi) is 10.2. The van der Waals surface area contributed by atoms with E-state index in [9.17, 15) is 27.2 Å². The minimum Gasteiger partial charge on any atom is -0.428 e. The van der Waals surface area contributed by atoms with Crippen molar-refractivity contribution in [1.82, 2.24) is 10.3 Å². The van der Waals surface area contributed by atoms with Crippen molar-refractivity contribution in [3.05, 3.63) is 120 Å². The highest BCUT2D eigenvalue weighted by Gasteiger charge is 2.44. The lowest BCUT2D eigenvalue weighted by Crippen LogP contribution is -2.50. The van der Waals surface area contributed by atoms with E-state index in [2.05, 4.69) is 48.3 Å². The molecule has 0 fully saturated rings. The highest BCUT2D eigenvalue weighted by atomic mass is 127. The zero-order valence-electron chi connectivity index (χ0n) is 22.8. The van der Waals surface area contributed by atoms with Gasteiger partial charge in [0, 0.05) is 24.0 Å². The second kappa shape index (κ2) is 13.8. The minimum absolute atomic E-state index is 0.0971. The molecule has 3 aromatic carbocycles. The fraction of sp³-hybridized carbons (Fsp3) is 0.194. The number of urea groups is 1. The monoisotopic (exact) mass is 706 g/mol. The molecular weight excluding hydrogens is 679 g/mol. The number of hydrogen-bond acceptors (Lipinski definition) is 4. The number of benzene rings is 3. The number of hydrogen-bond donors (Lipinski definition) is 3. The summed E-state index contributed by atoms with van der Waals surface area (Å²) >= 11 is 2.18. The van der Waals surface area contributed by atoms with E-state index in [1.807, 2.05) is 24.3 Å². The predicted octanol–water partition coefficient (Wildman–Crippen LogP) is 7.52. The van der Waals surface area contributed by atoms with Crippen LogP contribution in [0.25, 0.3) is 0 Å². The van der Waals surface area contributed by atoms with Crippen molar-refractivity contribution in [2.45, 2.75) is 35.8 Å². The Bertz CT molecular complexity index is 1560. The number of carbonyl (C=O) groups is 2. The van der Waals surface area contributed by atoms with Crippen molar-refractivity contribution in [3.63, 3.8) is 0 Å². The van der Waals surface area contributed by atoms with Crippen LogP contribution in [0, 0.1) is 0 Å². The quantitative estimate of drug-likeness (QED) is 0.0856. The van der Waals surface area contributed by atoms with Crippen LogP contribution >= 0.6 is 22.6 Å². The van der Waals surface area contributed by atoms with Crippen LogP contribution in [0.1, 0.15) is 29.3 Å². The Morgan fingerprint density at radius 1 is 0.884 bits per heavy atom. The molecule has 12 heteroatoms. The summed E-state index contributed by atoms with van der Waals surface area (Å²) in [4.78, 5) is 30.1. The molecule has 0 aliphatic rings. The van der Waals surface area contributed by atoms with Gasteiger partial charge >= 0.3 is 18.6 Å². The van der Waals surface area contributed by atoms with Crippen LogP contribution in [0.2, 0.25) is 0 Å². The summed E-state index contributed by atoms with van der Waals surface area (Å²) in [6.45, 7) is 1.33. The van der Waals surface area contributed by atoms with E-state index in [-0.39, 0.29) is 17.9 Å². The number of rotatable bonds is 11. The first-order chi connectivity index (χ1) is 20.5. The number of nitrogens with one attached hydrogen (secondary N) is 3. The molecule has 0 aliphatic heterocycles. The third-order valence-electron chi connectivity index (χ3n) is 6.38. The second-order valence-electron chi connectivity index (χ2n) is 9.55. The van der Waals surface area contributed by atoms with E-state index in [1.54, 1.807) is 54.7 Å². The molecule has 4 aromatic rings. The number of aromatic nitrogens is 1. The van der Waals surface area contributed by atoms with Crippen molar-refractivity contribution in [3.8, 4) is 5.75 Å². The summed E-state index contributed by atoms with van der Waals surface area (Å²) in [5.74, 6) is -0.868. The summed E-state index contributed by atoms with van der Waals surface area (Å²) in [5.41, 5.74) is 1.41. The maximum Gasteiger partial charge on any atom is 0.461 e. The fourth-order valence-electron chi connectivity index (χ4n) is 4.44. The molecule has 0 unspecified atom stereocenters. The molecule has 4 rings (SSSR count). The lowest BCUT2D eigenvalue weighted by molar-refractivity contribution is -0.253. The maximum atomic E-state index is 13.9. The van der Waals surface area contributed by atoms with Gasteiger partial charge in [0.25, 0.3) is 0 Å². The summed E-state index contributed by atoms with van der Waals surface area (Å²) in [6, 6.07) is 23.7. The van der Waals surface area contributed by atoms with Crippen LogP contribution in [0.3, 0.4) is 0 Å². The maximum absolute atomic E-state index is 13.9. The van der Waals surface area contributed by atoms with Gasteiger partial charge in [-0.1, -0.05) is 83.3 Å². The van der Waals surface area contributed by atoms with E-state index >= 15 is 0 Å². The van der Waals surface area contributed by atoms with Gasteiger partial charge in [0.15, 0.2) is 0 Å². The number of carbonyl (C=O) groups excluding carboxylic acids is 2. The first-order valence-corrected chi connectivity index (χ1v) is 14.5. The second-order valence-corrected chi connectivity index (χ2v) is 10.3. The normalized spacial score (nSPS) is 12.7. The molecule has 1 aromatic heterocycles. The zero-order valence-corrected chi connectivity index (χ0v) is 24.9. The smallest absolute Gasteiger partial charge is 0.428 e. The minimum atomic E-state index is -4.74. The third kappa shape index (κ3) is 8.00. The van der Waals surface area contributed by atoms with Crippen LogP contribution in [0.5, 0.6) is 5.75 Å². The van der Waals surface area contributed by atoms with Crippen molar-refractivity contribution in [2.75, 3.05) is 10.6 Å². The van der Waals surface area contributed by atoms with Gasteiger partial charge in [0.05, 0.1) is 17.1 Å². The molecule has 0 saturated carbocycles. The standard InChI is InChI=1S/C31H27F4IN4O3/c1-20(41)38-25-12-5-6-13-26(25)39-29(42)40-30(17-21-8-3-2-4-9-21,27-15-14-22(18-36)19-37-27)23-10-7-11-24(16-23)43-31(34,35)28(32)33/h2-16,19,28H,17-18H2,1H3,(H,38,41)(H2,39,40,42)/t30-/m0/s1. The van der Waals surface area contributed by atoms with Gasteiger partial charge < -0.3 is 20.7 Å². The number of para-hydroxylation sites is 2. The van der Waals surface area contributed by atoms with E-state index in [1.165, 1.54) is 19.1 Å². The van der Waals surface area contributed by atoms with Crippen molar-refractivity contribution in [2.24, 2.45) is 0 Å². The molecule has 0 bridgehead atoms. The van der Waals surface area contributed by atoms with E-state index in [0.717, 1.165) is 17.2 Å². The number of pyridine rings is 1. The highest BCUT2D eigenvalue weighted by molar-refractivity contribution is 14.1. The molecule has 1 heterocycles. The van der Waals surface area contributed by atoms with Gasteiger partial charge in [-0.25, -0.2) is 4.79 Å². The summed E-state index contributed by atoms with van der Waals surface area (Å²) in [6.07, 6.45) is -7.06. The van der Waals surface area contributed by atoms with Gasteiger partial charge in [-0.15, -0.1) is 0 Å². The SMILES string of the molecule is CC(=O)Nc1ccccc1NC(=O)N[C@@](Cc1ccccc1)(c1cccc(OC(F)(F)C(F)F)c1)c1ccc(CI)cn1. The van der Waals surface area contributed by atoms with Crippen LogP contribution in [-0.2, 0) is 21.2 Å². The first kappa shape index (κ1) is 31.7. The van der Waals surface area contributed by atoms with E-state index in [4.69, 9.17) is 0 Å². The molecule has 0 radical (unpaired) electrons. The largest absolute Gasteiger partial charge is 0.461 e. The lowest BCUT2D eigenvalue weighted by Gasteiger charge is -2.36. The van der Waals surface area contributed by atoms with Crippen molar-refractivity contribution < 1.29 is 31.9 Å². The van der Waals surface area contributed by atoms with Crippen molar-refractivity contribution in [1.29, 1.82) is 0 Å². The third-order valence-corrected chi connectivity index (χ3v) is 7.26. The Morgan fingerprint density at radius 3 is 2.16 bits per heavy atom. The Hall–Kier alpha value is -4.20. The zero-order chi connectivity index (χ0) is 31.0. The Labute approximate surface area is 259 Å². The molecular formula is C31H27F4IN4O3. The van der Waals surface area contributed by atoms with Crippen molar-refractivity contribution >= 4 is 45.9 Å². The number of amides is 3. The van der Waals surface area contributed by atoms with Crippen LogP contribution in [-0.4, -0.2) is 29.5 Å².